The van der Waals surface area contributed by atoms with Gasteiger partial charge in [-0.25, -0.2) is 8.78 Å². The molecule has 2 fully saturated rings. The Bertz CT molecular complexity index is 393. The topological polar surface area (TPSA) is 48.9 Å². The van der Waals surface area contributed by atoms with Crippen molar-refractivity contribution in [3.8, 4) is 0 Å². The van der Waals surface area contributed by atoms with Gasteiger partial charge in [0.05, 0.1) is 25.8 Å². The summed E-state index contributed by atoms with van der Waals surface area (Å²) in [7, 11) is 0. The molecule has 0 aromatic rings. The van der Waals surface area contributed by atoms with Crippen molar-refractivity contribution in [3.63, 3.8) is 0 Å². The minimum Gasteiger partial charge on any atom is -0.376 e. The van der Waals surface area contributed by atoms with Crippen molar-refractivity contribution in [2.24, 2.45) is 4.99 Å². The fourth-order valence-corrected chi connectivity index (χ4v) is 3.75. The number of hydrogen-bond donors (Lipinski definition) is 2. The van der Waals surface area contributed by atoms with E-state index in [1.165, 1.54) is 38.5 Å². The zero-order valence-corrected chi connectivity index (χ0v) is 16.2. The maximum atomic E-state index is 12.5. The Hall–Kier alpha value is -0.950. The van der Waals surface area contributed by atoms with Crippen molar-refractivity contribution < 1.29 is 13.5 Å². The van der Waals surface area contributed by atoms with Crippen LogP contribution in [0.3, 0.4) is 0 Å². The second-order valence-electron chi connectivity index (χ2n) is 7.36. The van der Waals surface area contributed by atoms with Crippen molar-refractivity contribution >= 4 is 5.96 Å². The predicted molar refractivity (Wildman–Crippen MR) is 102 cm³/mol. The number of nitrogens with zero attached hydrogens (tertiary/aromatic N) is 2. The molecule has 1 aliphatic carbocycles. The number of hydrogen-bond acceptors (Lipinski definition) is 3. The molecule has 5 nitrogen and oxygen atoms in total. The van der Waals surface area contributed by atoms with Gasteiger partial charge in [0.15, 0.2) is 5.96 Å². The highest BCUT2D eigenvalue weighted by atomic mass is 19.3. The summed E-state index contributed by atoms with van der Waals surface area (Å²) in [5, 5.41) is 6.72. The first kappa shape index (κ1) is 21.4. The first-order valence-corrected chi connectivity index (χ1v) is 10.3. The lowest BCUT2D eigenvalue weighted by molar-refractivity contribution is 0.0487. The smallest absolute Gasteiger partial charge is 0.251 e. The molecule has 0 unspecified atom stereocenters. The molecular weight excluding hydrogens is 338 g/mol. The molecule has 0 aromatic heterocycles. The average molecular weight is 375 g/mol. The molecule has 2 N–H and O–H groups in total. The summed E-state index contributed by atoms with van der Waals surface area (Å²) in [5.74, 6) is 0.810. The van der Waals surface area contributed by atoms with Gasteiger partial charge in [0, 0.05) is 25.7 Å². The molecule has 2 rings (SSSR count). The van der Waals surface area contributed by atoms with E-state index in [2.05, 4.69) is 15.6 Å². The molecule has 2 aliphatic rings. The van der Waals surface area contributed by atoms with Crippen LogP contribution in [0.2, 0.25) is 0 Å². The molecule has 1 saturated heterocycles. The fourth-order valence-electron chi connectivity index (χ4n) is 3.75. The SMILES string of the molecule is CCNC(=NCCOC1CCCCCC1)NC1CCN(CC(F)F)CC1. The van der Waals surface area contributed by atoms with E-state index in [0.717, 1.165) is 25.3 Å². The van der Waals surface area contributed by atoms with E-state index < -0.39 is 6.43 Å². The second kappa shape index (κ2) is 12.4. The molecule has 1 aliphatic heterocycles. The number of rotatable bonds is 8. The van der Waals surface area contributed by atoms with Crippen molar-refractivity contribution in [1.29, 1.82) is 0 Å². The fraction of sp³-hybridized carbons (Fsp3) is 0.947. The van der Waals surface area contributed by atoms with Gasteiger partial charge in [-0.2, -0.15) is 0 Å². The van der Waals surface area contributed by atoms with Crippen LogP contribution in [0.25, 0.3) is 0 Å². The number of piperidine rings is 1. The average Bonchev–Trinajstić information content (AvgIpc) is 2.89. The summed E-state index contributed by atoms with van der Waals surface area (Å²) in [6.07, 6.45) is 7.49. The van der Waals surface area contributed by atoms with Crippen molar-refractivity contribution in [2.75, 3.05) is 39.3 Å². The summed E-state index contributed by atoms with van der Waals surface area (Å²) < 4.78 is 30.9. The van der Waals surface area contributed by atoms with Gasteiger partial charge in [-0.15, -0.1) is 0 Å². The minimum absolute atomic E-state index is 0.112. The van der Waals surface area contributed by atoms with Crippen LogP contribution >= 0.6 is 0 Å². The Kier molecular flexibility index (Phi) is 10.2. The van der Waals surface area contributed by atoms with E-state index in [1.807, 2.05) is 11.8 Å². The highest BCUT2D eigenvalue weighted by molar-refractivity contribution is 5.80. The van der Waals surface area contributed by atoms with Gasteiger partial charge in [0.25, 0.3) is 6.43 Å². The van der Waals surface area contributed by atoms with Gasteiger partial charge in [0.2, 0.25) is 0 Å². The summed E-state index contributed by atoms with van der Waals surface area (Å²) in [5.41, 5.74) is 0. The highest BCUT2D eigenvalue weighted by Crippen LogP contribution is 2.19. The number of ether oxygens (including phenoxy) is 1. The highest BCUT2D eigenvalue weighted by Gasteiger charge is 2.22. The minimum atomic E-state index is -2.24. The summed E-state index contributed by atoms with van der Waals surface area (Å²) in [6.45, 7) is 5.48. The maximum Gasteiger partial charge on any atom is 0.251 e. The van der Waals surface area contributed by atoms with Crippen LogP contribution in [0.15, 0.2) is 4.99 Å². The van der Waals surface area contributed by atoms with Crippen LogP contribution in [0, 0.1) is 0 Å². The van der Waals surface area contributed by atoms with Crippen LogP contribution < -0.4 is 10.6 Å². The monoisotopic (exact) mass is 374 g/mol. The van der Waals surface area contributed by atoms with Crippen LogP contribution in [-0.2, 0) is 4.74 Å². The first-order chi connectivity index (χ1) is 12.7. The lowest BCUT2D eigenvalue weighted by atomic mass is 10.1. The first-order valence-electron chi connectivity index (χ1n) is 10.3. The number of alkyl halides is 2. The number of halogens is 2. The van der Waals surface area contributed by atoms with Gasteiger partial charge in [-0.05, 0) is 32.6 Å². The van der Waals surface area contributed by atoms with Gasteiger partial charge in [-0.3, -0.25) is 9.89 Å². The Labute approximate surface area is 156 Å². The van der Waals surface area contributed by atoms with Crippen molar-refractivity contribution in [1.82, 2.24) is 15.5 Å². The number of nitrogens with one attached hydrogen (secondary N) is 2. The van der Waals surface area contributed by atoms with E-state index in [1.54, 1.807) is 0 Å². The molecule has 0 amide bonds. The van der Waals surface area contributed by atoms with E-state index in [-0.39, 0.29) is 6.54 Å². The van der Waals surface area contributed by atoms with Gasteiger partial charge >= 0.3 is 0 Å². The molecule has 0 bridgehead atoms. The zero-order chi connectivity index (χ0) is 18.6. The predicted octanol–water partition coefficient (Wildman–Crippen LogP) is 3.01. The Morgan fingerprint density at radius 2 is 1.81 bits per heavy atom. The van der Waals surface area contributed by atoms with E-state index in [4.69, 9.17) is 4.74 Å². The third kappa shape index (κ3) is 8.62. The maximum absolute atomic E-state index is 12.5. The van der Waals surface area contributed by atoms with Crippen molar-refractivity contribution in [2.45, 2.75) is 76.9 Å². The molecule has 0 aromatic carbocycles. The zero-order valence-electron chi connectivity index (χ0n) is 16.2. The molecular formula is C19H36F2N4O. The van der Waals surface area contributed by atoms with E-state index in [9.17, 15) is 8.78 Å². The van der Waals surface area contributed by atoms with Gasteiger partial charge < -0.3 is 15.4 Å². The third-order valence-electron chi connectivity index (χ3n) is 5.19. The van der Waals surface area contributed by atoms with Crippen LogP contribution in [0.1, 0.15) is 58.3 Å². The Balaban J connectivity index is 1.67. The number of likely N-dealkylation sites (tertiary alicyclic amines) is 1. The van der Waals surface area contributed by atoms with Gasteiger partial charge in [-0.1, -0.05) is 25.7 Å². The molecule has 26 heavy (non-hydrogen) atoms. The lowest BCUT2D eigenvalue weighted by Crippen LogP contribution is -2.49. The molecule has 0 spiro atoms. The Morgan fingerprint density at radius 3 is 2.42 bits per heavy atom. The quantitative estimate of drug-likeness (QED) is 0.297. The van der Waals surface area contributed by atoms with Crippen LogP contribution in [-0.4, -0.2) is 68.8 Å². The van der Waals surface area contributed by atoms with E-state index >= 15 is 0 Å². The lowest BCUT2D eigenvalue weighted by Gasteiger charge is -2.32. The molecule has 7 heteroatoms. The summed E-state index contributed by atoms with van der Waals surface area (Å²) in [4.78, 5) is 6.46. The molecule has 152 valence electrons. The number of aliphatic imine (C=N–C) groups is 1. The third-order valence-corrected chi connectivity index (χ3v) is 5.19. The van der Waals surface area contributed by atoms with Crippen molar-refractivity contribution in [3.05, 3.63) is 0 Å². The molecule has 0 radical (unpaired) electrons. The second-order valence-corrected chi connectivity index (χ2v) is 7.36. The normalized spacial score (nSPS) is 21.8. The molecule has 1 heterocycles. The molecule has 1 saturated carbocycles. The Morgan fingerprint density at radius 1 is 1.12 bits per heavy atom. The summed E-state index contributed by atoms with van der Waals surface area (Å²) in [6, 6.07) is 0.296. The van der Waals surface area contributed by atoms with Crippen LogP contribution in [0.4, 0.5) is 8.78 Å². The standard InChI is InChI=1S/C19H36F2N4O/c1-2-22-19(23-11-14-26-17-7-5-3-4-6-8-17)24-16-9-12-25(13-10-16)15-18(20)21/h16-18H,2-15H2,1H3,(H2,22,23,24). The van der Waals surface area contributed by atoms with E-state index in [0.29, 0.717) is 38.4 Å². The summed E-state index contributed by atoms with van der Waals surface area (Å²) >= 11 is 0. The van der Waals surface area contributed by atoms with Gasteiger partial charge in [0.1, 0.15) is 0 Å². The molecule has 0 atom stereocenters. The largest absolute Gasteiger partial charge is 0.376 e. The number of guanidine groups is 1. The van der Waals surface area contributed by atoms with Crippen LogP contribution in [0.5, 0.6) is 0 Å².